The van der Waals surface area contributed by atoms with E-state index in [9.17, 15) is 27.2 Å². The predicted molar refractivity (Wildman–Crippen MR) is 113 cm³/mol. The van der Waals surface area contributed by atoms with Gasteiger partial charge in [0.25, 0.3) is 11.8 Å². The number of aromatic nitrogens is 1. The van der Waals surface area contributed by atoms with E-state index in [1.165, 1.54) is 18.2 Å². The Balaban J connectivity index is 2.10. The van der Waals surface area contributed by atoms with Crippen LogP contribution in [0.2, 0.25) is 10.0 Å². The number of carbonyl (C=O) groups excluding carboxylic acids is 2. The van der Waals surface area contributed by atoms with Gasteiger partial charge in [-0.1, -0.05) is 23.2 Å². The van der Waals surface area contributed by atoms with Gasteiger partial charge in [0.2, 0.25) is 0 Å². The highest BCUT2D eigenvalue weighted by atomic mass is 35.5. The molecule has 1 aromatic heterocycles. The van der Waals surface area contributed by atoms with Gasteiger partial charge in [0.15, 0.2) is 5.82 Å². The molecule has 0 aliphatic heterocycles. The number of hydrogen-bond acceptors (Lipinski definition) is 4. The highest BCUT2D eigenvalue weighted by molar-refractivity contribution is 6.35. The molecule has 3 rings (SSSR count). The van der Waals surface area contributed by atoms with E-state index in [-0.39, 0.29) is 27.2 Å². The van der Waals surface area contributed by atoms with Crippen molar-refractivity contribution in [3.63, 3.8) is 0 Å². The SMILES string of the molecule is Cc1cc(Cl)cc(Cl)c1Oc1ccc(C(F)(F)F)c(F)c1C(=O)Nc1ccnc(C(N)=O)c1. The number of nitrogens with two attached hydrogens (primary N) is 1. The van der Waals surface area contributed by atoms with E-state index in [2.05, 4.69) is 10.3 Å². The number of amides is 2. The summed E-state index contributed by atoms with van der Waals surface area (Å²) >= 11 is 12.0. The number of pyridine rings is 1. The first-order valence-corrected chi connectivity index (χ1v) is 9.74. The predicted octanol–water partition coefficient (Wildman–Crippen LogP) is 6.00. The minimum absolute atomic E-state index is 0.00750. The molecule has 0 aliphatic carbocycles. The number of carbonyl (C=O) groups is 2. The number of hydrogen-bond donors (Lipinski definition) is 2. The lowest BCUT2D eigenvalue weighted by molar-refractivity contribution is -0.140. The quantitative estimate of drug-likeness (QED) is 0.419. The zero-order valence-corrected chi connectivity index (χ0v) is 18.1. The topological polar surface area (TPSA) is 94.3 Å². The summed E-state index contributed by atoms with van der Waals surface area (Å²) in [6, 6.07) is 6.33. The monoisotopic (exact) mass is 501 g/mol. The average Bonchev–Trinajstić information content (AvgIpc) is 2.69. The van der Waals surface area contributed by atoms with Crippen LogP contribution >= 0.6 is 23.2 Å². The maximum absolute atomic E-state index is 15.0. The molecule has 0 saturated heterocycles. The Morgan fingerprint density at radius 2 is 1.82 bits per heavy atom. The Bertz CT molecular complexity index is 1240. The first-order valence-electron chi connectivity index (χ1n) is 8.99. The third kappa shape index (κ3) is 5.35. The van der Waals surface area contributed by atoms with Gasteiger partial charge in [-0.25, -0.2) is 4.39 Å². The van der Waals surface area contributed by atoms with Crippen LogP contribution in [0.5, 0.6) is 11.5 Å². The summed E-state index contributed by atoms with van der Waals surface area (Å²) in [5.74, 6) is -4.61. The fourth-order valence-electron chi connectivity index (χ4n) is 2.84. The van der Waals surface area contributed by atoms with Crippen LogP contribution in [0.25, 0.3) is 0 Å². The number of nitrogens with one attached hydrogen (secondary N) is 1. The molecule has 2 amide bonds. The third-order valence-electron chi connectivity index (χ3n) is 4.31. The lowest BCUT2D eigenvalue weighted by atomic mass is 10.1. The van der Waals surface area contributed by atoms with E-state index in [1.807, 2.05) is 0 Å². The molecule has 6 nitrogen and oxygen atoms in total. The number of halogens is 6. The van der Waals surface area contributed by atoms with Gasteiger partial charge >= 0.3 is 6.18 Å². The molecular formula is C21H13Cl2F4N3O3. The summed E-state index contributed by atoms with van der Waals surface area (Å²) in [5, 5.41) is 2.47. The van der Waals surface area contributed by atoms with E-state index >= 15 is 0 Å². The van der Waals surface area contributed by atoms with Gasteiger partial charge in [0.1, 0.15) is 22.8 Å². The summed E-state index contributed by atoms with van der Waals surface area (Å²) < 4.78 is 60.4. The molecule has 0 saturated carbocycles. The maximum Gasteiger partial charge on any atom is 0.419 e. The summed E-state index contributed by atoms with van der Waals surface area (Å²) in [5.41, 5.74) is 2.52. The standard InChI is InChI=1S/C21H13Cl2F4N3O3/c1-9-6-10(22)7-13(23)18(9)33-15-3-2-12(21(25,26)27)17(24)16(15)20(32)30-11-4-5-29-14(8-11)19(28)31/h2-8H,1H3,(H2,28,31)(H,29,30,32). The molecule has 2 aromatic carbocycles. The molecule has 0 bridgehead atoms. The fourth-order valence-corrected chi connectivity index (χ4v) is 3.47. The average molecular weight is 502 g/mol. The van der Waals surface area contributed by atoms with Gasteiger partial charge in [0.05, 0.1) is 10.6 Å². The molecule has 172 valence electrons. The van der Waals surface area contributed by atoms with Crippen LogP contribution in [-0.2, 0) is 6.18 Å². The minimum atomic E-state index is -5.08. The molecule has 0 atom stereocenters. The highest BCUT2D eigenvalue weighted by Gasteiger charge is 2.37. The van der Waals surface area contributed by atoms with Crippen molar-refractivity contribution >= 4 is 40.7 Å². The number of aryl methyl sites for hydroxylation is 1. The summed E-state index contributed by atoms with van der Waals surface area (Å²) in [6.07, 6.45) is -3.95. The Labute approximate surface area is 194 Å². The smallest absolute Gasteiger partial charge is 0.419 e. The van der Waals surface area contributed by atoms with Gasteiger partial charge in [-0.2, -0.15) is 13.2 Å². The highest BCUT2D eigenvalue weighted by Crippen LogP contribution is 2.40. The van der Waals surface area contributed by atoms with E-state index in [0.29, 0.717) is 11.6 Å². The van der Waals surface area contributed by atoms with Crippen molar-refractivity contribution in [2.24, 2.45) is 5.73 Å². The van der Waals surface area contributed by atoms with Crippen molar-refractivity contribution in [3.8, 4) is 11.5 Å². The van der Waals surface area contributed by atoms with Crippen LogP contribution in [0.3, 0.4) is 0 Å². The molecule has 1 heterocycles. The number of primary amides is 1. The number of ether oxygens (including phenoxy) is 1. The molecule has 33 heavy (non-hydrogen) atoms. The second kappa shape index (κ2) is 9.24. The molecule has 3 aromatic rings. The van der Waals surface area contributed by atoms with Crippen molar-refractivity contribution in [1.29, 1.82) is 0 Å². The summed E-state index contributed by atoms with van der Waals surface area (Å²) in [7, 11) is 0. The third-order valence-corrected chi connectivity index (χ3v) is 4.81. The number of anilines is 1. The Hall–Kier alpha value is -3.37. The molecule has 0 spiro atoms. The molecule has 12 heteroatoms. The van der Waals surface area contributed by atoms with E-state index < -0.39 is 40.7 Å². The van der Waals surface area contributed by atoms with Crippen LogP contribution in [0.4, 0.5) is 23.2 Å². The van der Waals surface area contributed by atoms with Crippen LogP contribution in [0, 0.1) is 12.7 Å². The van der Waals surface area contributed by atoms with Gasteiger partial charge in [0, 0.05) is 16.9 Å². The molecule has 3 N–H and O–H groups in total. The van der Waals surface area contributed by atoms with Crippen molar-refractivity contribution in [3.05, 3.63) is 80.8 Å². The van der Waals surface area contributed by atoms with Crippen LogP contribution in [0.1, 0.15) is 32.0 Å². The molecule has 0 fully saturated rings. The summed E-state index contributed by atoms with van der Waals surface area (Å²) in [4.78, 5) is 27.8. The van der Waals surface area contributed by atoms with Gasteiger partial charge in [-0.05, 0) is 48.9 Å². The van der Waals surface area contributed by atoms with Gasteiger partial charge in [-0.15, -0.1) is 0 Å². The zero-order chi connectivity index (χ0) is 24.5. The Morgan fingerprint density at radius 3 is 2.42 bits per heavy atom. The van der Waals surface area contributed by atoms with E-state index in [1.54, 1.807) is 6.92 Å². The molecule has 0 radical (unpaired) electrons. The van der Waals surface area contributed by atoms with Crippen molar-refractivity contribution < 1.29 is 31.9 Å². The first-order chi connectivity index (χ1) is 15.4. The molecule has 0 aliphatic rings. The van der Waals surface area contributed by atoms with Gasteiger partial charge < -0.3 is 15.8 Å². The van der Waals surface area contributed by atoms with Crippen LogP contribution < -0.4 is 15.8 Å². The second-order valence-corrected chi connectivity index (χ2v) is 7.53. The molecular weight excluding hydrogens is 489 g/mol. The second-order valence-electron chi connectivity index (χ2n) is 6.68. The largest absolute Gasteiger partial charge is 0.455 e. The number of nitrogens with zero attached hydrogens (tertiary/aromatic N) is 1. The van der Waals surface area contributed by atoms with E-state index in [4.69, 9.17) is 33.7 Å². The Kier molecular flexibility index (Phi) is 6.80. The summed E-state index contributed by atoms with van der Waals surface area (Å²) in [6.45, 7) is 1.55. The fraction of sp³-hybridized carbons (Fsp3) is 0.0952. The normalized spacial score (nSPS) is 11.2. The first kappa shape index (κ1) is 24.3. The van der Waals surface area contributed by atoms with Crippen molar-refractivity contribution in [1.82, 2.24) is 4.98 Å². The minimum Gasteiger partial charge on any atom is -0.455 e. The van der Waals surface area contributed by atoms with Crippen LogP contribution in [-0.4, -0.2) is 16.8 Å². The van der Waals surface area contributed by atoms with Crippen LogP contribution in [0.15, 0.2) is 42.6 Å². The lowest BCUT2D eigenvalue weighted by Gasteiger charge is -2.17. The Morgan fingerprint density at radius 1 is 1.12 bits per heavy atom. The number of rotatable bonds is 5. The van der Waals surface area contributed by atoms with E-state index in [0.717, 1.165) is 18.3 Å². The maximum atomic E-state index is 15.0. The van der Waals surface area contributed by atoms with Crippen molar-refractivity contribution in [2.45, 2.75) is 13.1 Å². The van der Waals surface area contributed by atoms with Gasteiger partial charge in [-0.3, -0.25) is 14.6 Å². The van der Waals surface area contributed by atoms with Crippen molar-refractivity contribution in [2.75, 3.05) is 5.32 Å². The molecule has 0 unspecified atom stereocenters. The number of alkyl halides is 3. The number of benzene rings is 2. The zero-order valence-electron chi connectivity index (χ0n) is 16.6. The lowest BCUT2D eigenvalue weighted by Crippen LogP contribution is -2.19.